The van der Waals surface area contributed by atoms with Gasteiger partial charge in [-0.25, -0.2) is 4.79 Å². The van der Waals surface area contributed by atoms with Gasteiger partial charge in [0.15, 0.2) is 5.76 Å². The molecule has 28 heavy (non-hydrogen) atoms. The third-order valence-electron chi connectivity index (χ3n) is 3.83. The molecule has 0 unspecified atom stereocenters. The Balaban J connectivity index is 2.11. The van der Waals surface area contributed by atoms with Crippen LogP contribution in [0.1, 0.15) is 31.7 Å². The van der Waals surface area contributed by atoms with Gasteiger partial charge in [0, 0.05) is 11.5 Å². The number of rotatable bonds is 10. The Labute approximate surface area is 163 Å². The molecule has 0 N–H and O–H groups in total. The minimum atomic E-state index is -0.680. The van der Waals surface area contributed by atoms with E-state index >= 15 is 0 Å². The summed E-state index contributed by atoms with van der Waals surface area (Å²) >= 11 is 0. The number of ether oxygens (including phenoxy) is 3. The molecule has 8 heteroatoms. The number of nitrogens with zero attached hydrogens (tertiary/aromatic N) is 3. The number of benzene rings is 1. The second-order valence-corrected chi connectivity index (χ2v) is 5.89. The maximum absolute atomic E-state index is 12.7. The molecular formula is C20H23N3O5. The first-order valence-corrected chi connectivity index (χ1v) is 9.16. The highest BCUT2D eigenvalue weighted by Gasteiger charge is 2.25. The summed E-state index contributed by atoms with van der Waals surface area (Å²) < 4.78 is 16.0. The number of Topliss-reactive ketones (excluding diaryl/α,β-unsaturated/α-hetero) is 1. The molecule has 8 nitrogen and oxygen atoms in total. The first-order valence-electron chi connectivity index (χ1n) is 9.16. The molecule has 0 spiro atoms. The monoisotopic (exact) mass is 385 g/mol. The lowest BCUT2D eigenvalue weighted by Crippen LogP contribution is -2.20. The summed E-state index contributed by atoms with van der Waals surface area (Å²) in [7, 11) is 0. The number of carbonyl (C=O) groups excluding carboxylic acids is 2. The van der Waals surface area contributed by atoms with Crippen molar-refractivity contribution in [1.82, 2.24) is 0 Å². The van der Waals surface area contributed by atoms with Crippen LogP contribution in [0.2, 0.25) is 0 Å². The van der Waals surface area contributed by atoms with E-state index in [4.69, 9.17) is 19.7 Å². The second-order valence-electron chi connectivity index (χ2n) is 5.89. The zero-order chi connectivity index (χ0) is 20.2. The molecule has 0 saturated carbocycles. The molecule has 0 radical (unpaired) electrons. The first kappa shape index (κ1) is 21.1. The van der Waals surface area contributed by atoms with Crippen LogP contribution in [0.5, 0.6) is 5.75 Å². The van der Waals surface area contributed by atoms with Gasteiger partial charge in [-0.15, -0.1) is 0 Å². The van der Waals surface area contributed by atoms with Crippen molar-refractivity contribution in [1.29, 1.82) is 0 Å². The lowest BCUT2D eigenvalue weighted by molar-refractivity contribution is -0.139. The van der Waals surface area contributed by atoms with Gasteiger partial charge in [-0.2, -0.15) is 0 Å². The van der Waals surface area contributed by atoms with E-state index in [1.54, 1.807) is 37.3 Å². The predicted octanol–water partition coefficient (Wildman–Crippen LogP) is 3.98. The van der Waals surface area contributed by atoms with Gasteiger partial charge < -0.3 is 14.2 Å². The smallest absolute Gasteiger partial charge is 0.342 e. The average Bonchev–Trinajstić information content (AvgIpc) is 2.73. The molecule has 0 bridgehead atoms. The number of carbonyl (C=O) groups is 2. The molecule has 1 aliphatic rings. The Morgan fingerprint density at radius 3 is 2.75 bits per heavy atom. The van der Waals surface area contributed by atoms with Crippen LogP contribution in [0.15, 0.2) is 46.8 Å². The highest BCUT2D eigenvalue weighted by atomic mass is 16.5. The van der Waals surface area contributed by atoms with E-state index in [0.717, 1.165) is 12.8 Å². The van der Waals surface area contributed by atoms with Crippen LogP contribution in [0, 0.1) is 0 Å². The van der Waals surface area contributed by atoms with Crippen LogP contribution in [0.4, 0.5) is 0 Å². The molecule has 0 fully saturated rings. The molecule has 2 rings (SSSR count). The van der Waals surface area contributed by atoms with E-state index in [1.807, 2.05) is 0 Å². The minimum absolute atomic E-state index is 0.0713. The predicted molar refractivity (Wildman–Crippen MR) is 103 cm³/mol. The van der Waals surface area contributed by atoms with Gasteiger partial charge in [0.25, 0.3) is 0 Å². The van der Waals surface area contributed by atoms with Gasteiger partial charge in [-0.05, 0) is 61.6 Å². The number of esters is 1. The third kappa shape index (κ3) is 6.48. The summed E-state index contributed by atoms with van der Waals surface area (Å²) in [6, 6.07) is 6.96. The summed E-state index contributed by atoms with van der Waals surface area (Å²) in [5.41, 5.74) is 8.81. The van der Waals surface area contributed by atoms with Gasteiger partial charge in [0.2, 0.25) is 5.78 Å². The van der Waals surface area contributed by atoms with E-state index in [9.17, 15) is 9.59 Å². The molecule has 0 amide bonds. The molecule has 0 aliphatic carbocycles. The van der Waals surface area contributed by atoms with Crippen molar-refractivity contribution in [2.75, 3.05) is 26.4 Å². The highest BCUT2D eigenvalue weighted by molar-refractivity contribution is 6.26. The zero-order valence-electron chi connectivity index (χ0n) is 15.8. The van der Waals surface area contributed by atoms with E-state index in [1.165, 1.54) is 6.08 Å². The fourth-order valence-electron chi connectivity index (χ4n) is 2.47. The van der Waals surface area contributed by atoms with Crippen molar-refractivity contribution in [2.45, 2.75) is 26.2 Å². The van der Waals surface area contributed by atoms with Crippen molar-refractivity contribution in [3.05, 3.63) is 57.7 Å². The number of azide groups is 1. The van der Waals surface area contributed by atoms with E-state index in [-0.39, 0.29) is 17.9 Å². The Bertz CT molecular complexity index is 793. The van der Waals surface area contributed by atoms with Crippen LogP contribution in [0.3, 0.4) is 0 Å². The third-order valence-corrected chi connectivity index (χ3v) is 3.83. The van der Waals surface area contributed by atoms with E-state index < -0.39 is 11.8 Å². The van der Waals surface area contributed by atoms with E-state index in [2.05, 4.69) is 10.0 Å². The fourth-order valence-corrected chi connectivity index (χ4v) is 2.47. The Hall–Kier alpha value is -3.25. The van der Waals surface area contributed by atoms with Gasteiger partial charge in [-0.1, -0.05) is 17.2 Å². The molecule has 1 aliphatic heterocycles. The highest BCUT2D eigenvalue weighted by Crippen LogP contribution is 2.20. The van der Waals surface area contributed by atoms with Crippen molar-refractivity contribution < 1.29 is 23.8 Å². The van der Waals surface area contributed by atoms with Gasteiger partial charge >= 0.3 is 5.97 Å². The normalized spacial score (nSPS) is 13.6. The molecule has 1 aromatic carbocycles. The summed E-state index contributed by atoms with van der Waals surface area (Å²) in [5.74, 6) is -0.330. The van der Waals surface area contributed by atoms with Crippen molar-refractivity contribution in [3.8, 4) is 5.75 Å². The largest absolute Gasteiger partial charge is 0.494 e. The molecule has 148 valence electrons. The van der Waals surface area contributed by atoms with Gasteiger partial charge in [-0.3, -0.25) is 4.79 Å². The molecule has 1 aromatic rings. The lowest BCUT2D eigenvalue weighted by atomic mass is 10.0. The SMILES string of the molecule is CCOC(=O)/C(=C\c1ccc(OCCCN=[N+]=[N-])cc1)C(=O)C1=CCCCO1. The van der Waals surface area contributed by atoms with Crippen LogP contribution >= 0.6 is 0 Å². The molecule has 0 saturated heterocycles. The quantitative estimate of drug-likeness (QED) is 0.0884. The van der Waals surface area contributed by atoms with Gasteiger partial charge in [0.05, 0.1) is 19.8 Å². The molecule has 0 aromatic heterocycles. The van der Waals surface area contributed by atoms with Crippen molar-refractivity contribution >= 4 is 17.8 Å². The summed E-state index contributed by atoms with van der Waals surface area (Å²) in [6.07, 6.45) is 5.39. The lowest BCUT2D eigenvalue weighted by Gasteiger charge is -2.15. The zero-order valence-corrected chi connectivity index (χ0v) is 15.8. The Kier molecular flexibility index (Phi) is 8.62. The summed E-state index contributed by atoms with van der Waals surface area (Å²) in [5, 5.41) is 3.44. The molecular weight excluding hydrogens is 362 g/mol. The minimum Gasteiger partial charge on any atom is -0.494 e. The number of allylic oxidation sites excluding steroid dienone is 2. The van der Waals surface area contributed by atoms with E-state index in [0.29, 0.717) is 37.5 Å². The standard InChI is InChI=1S/C20H23N3O5/c1-2-26-20(25)17(19(24)18-6-3-4-12-28-18)14-15-7-9-16(10-8-15)27-13-5-11-22-23-21/h6-10,14H,2-5,11-13H2,1H3/b17-14-. The van der Waals surface area contributed by atoms with Crippen molar-refractivity contribution in [2.24, 2.45) is 5.11 Å². The maximum Gasteiger partial charge on any atom is 0.342 e. The maximum atomic E-state index is 12.7. The Morgan fingerprint density at radius 2 is 2.11 bits per heavy atom. The number of hydrogen-bond acceptors (Lipinski definition) is 6. The first-order chi connectivity index (χ1) is 13.7. The molecule has 0 atom stereocenters. The van der Waals surface area contributed by atoms with Gasteiger partial charge in [0.1, 0.15) is 11.3 Å². The Morgan fingerprint density at radius 1 is 1.32 bits per heavy atom. The summed E-state index contributed by atoms with van der Waals surface area (Å²) in [6.45, 7) is 3.11. The van der Waals surface area contributed by atoms with Crippen LogP contribution in [-0.2, 0) is 19.1 Å². The summed E-state index contributed by atoms with van der Waals surface area (Å²) in [4.78, 5) is 27.6. The number of ketones is 1. The molecule has 1 heterocycles. The second kappa shape index (κ2) is 11.5. The number of hydrogen-bond donors (Lipinski definition) is 0. The van der Waals surface area contributed by atoms with Crippen LogP contribution in [-0.4, -0.2) is 38.1 Å². The van der Waals surface area contributed by atoms with Crippen LogP contribution < -0.4 is 4.74 Å². The topological polar surface area (TPSA) is 111 Å². The van der Waals surface area contributed by atoms with Crippen LogP contribution in [0.25, 0.3) is 16.5 Å². The van der Waals surface area contributed by atoms with Crippen molar-refractivity contribution in [3.63, 3.8) is 0 Å². The average molecular weight is 385 g/mol. The fraction of sp³-hybridized carbons (Fsp3) is 0.400.